The Morgan fingerprint density at radius 1 is 1.35 bits per heavy atom. The first-order chi connectivity index (χ1) is 9.52. The van der Waals surface area contributed by atoms with Gasteiger partial charge in [0.25, 0.3) is 5.91 Å². The normalized spacial score (nSPS) is 15.9. The minimum atomic E-state index is -0.228. The molecular weight excluding hydrogens is 260 g/mol. The van der Waals surface area contributed by atoms with Crippen molar-refractivity contribution in [2.24, 2.45) is 5.92 Å². The molecule has 0 radical (unpaired) electrons. The van der Waals surface area contributed by atoms with Gasteiger partial charge < -0.3 is 20.5 Å². The summed E-state index contributed by atoms with van der Waals surface area (Å²) in [5.74, 6) is -0.590. The second-order valence-corrected chi connectivity index (χ2v) is 4.86. The number of likely N-dealkylation sites (tertiary alicyclic amines) is 1. The first-order valence-corrected chi connectivity index (χ1v) is 6.48. The van der Waals surface area contributed by atoms with Crippen LogP contribution in [-0.4, -0.2) is 42.1 Å². The van der Waals surface area contributed by atoms with Gasteiger partial charge in [0.2, 0.25) is 0 Å². The molecule has 6 nitrogen and oxygen atoms in total. The highest BCUT2D eigenvalue weighted by Gasteiger charge is 2.29. The molecule has 0 saturated carbocycles. The maximum Gasteiger partial charge on any atom is 0.308 e. The number of nitrogens with two attached hydrogens (primary N) is 1. The molecule has 0 unspecified atom stereocenters. The summed E-state index contributed by atoms with van der Waals surface area (Å²) in [6, 6.07) is 4.31. The van der Waals surface area contributed by atoms with Crippen molar-refractivity contribution in [3.05, 3.63) is 23.8 Å². The molecule has 0 atom stereocenters. The van der Waals surface area contributed by atoms with Gasteiger partial charge in [-0.1, -0.05) is 0 Å². The molecule has 0 aromatic heterocycles. The lowest BCUT2D eigenvalue weighted by molar-refractivity contribution is -0.146. The van der Waals surface area contributed by atoms with E-state index in [1.807, 2.05) is 0 Å². The van der Waals surface area contributed by atoms with E-state index >= 15 is 0 Å². The average molecular weight is 278 g/mol. The maximum absolute atomic E-state index is 12.3. The minimum Gasteiger partial charge on any atom is -0.508 e. The van der Waals surface area contributed by atoms with Crippen molar-refractivity contribution >= 4 is 17.6 Å². The molecule has 1 aliphatic rings. The number of nitrogens with zero attached hydrogens (tertiary/aromatic N) is 1. The van der Waals surface area contributed by atoms with E-state index in [2.05, 4.69) is 0 Å². The quantitative estimate of drug-likeness (QED) is 0.478. The second kappa shape index (κ2) is 5.81. The number of methoxy groups -OCH3 is 1. The number of aromatic hydroxyl groups is 1. The number of esters is 1. The number of amides is 1. The molecular formula is C14H18N2O4. The monoisotopic (exact) mass is 278 g/mol. The summed E-state index contributed by atoms with van der Waals surface area (Å²) in [5.41, 5.74) is 6.39. The van der Waals surface area contributed by atoms with Crippen LogP contribution in [0.25, 0.3) is 0 Å². The van der Waals surface area contributed by atoms with Crippen LogP contribution in [-0.2, 0) is 9.53 Å². The van der Waals surface area contributed by atoms with Gasteiger partial charge in [-0.05, 0) is 31.0 Å². The lowest BCUT2D eigenvalue weighted by Gasteiger charge is -2.31. The van der Waals surface area contributed by atoms with Gasteiger partial charge in [-0.3, -0.25) is 9.59 Å². The Morgan fingerprint density at radius 2 is 2.00 bits per heavy atom. The molecule has 1 aromatic carbocycles. The number of ether oxygens (including phenoxy) is 1. The van der Waals surface area contributed by atoms with Gasteiger partial charge in [0.15, 0.2) is 0 Å². The number of benzene rings is 1. The highest BCUT2D eigenvalue weighted by Crippen LogP contribution is 2.24. The fourth-order valence-electron chi connectivity index (χ4n) is 2.38. The third-order valence-corrected chi connectivity index (χ3v) is 3.58. The Bertz CT molecular complexity index is 522. The van der Waals surface area contributed by atoms with Crippen molar-refractivity contribution in [1.82, 2.24) is 4.90 Å². The number of anilines is 1. The largest absolute Gasteiger partial charge is 0.508 e. The SMILES string of the molecule is COC(=O)C1CCN(C(=O)c2cc(O)ccc2N)CC1. The van der Waals surface area contributed by atoms with Crippen LogP contribution in [0.15, 0.2) is 18.2 Å². The van der Waals surface area contributed by atoms with E-state index in [1.54, 1.807) is 4.90 Å². The lowest BCUT2D eigenvalue weighted by Crippen LogP contribution is -2.40. The minimum absolute atomic E-state index is 0.00648. The first-order valence-electron chi connectivity index (χ1n) is 6.48. The zero-order valence-corrected chi connectivity index (χ0v) is 11.3. The summed E-state index contributed by atoms with van der Waals surface area (Å²) in [4.78, 5) is 25.4. The van der Waals surface area contributed by atoms with Gasteiger partial charge in [-0.2, -0.15) is 0 Å². The van der Waals surface area contributed by atoms with Crippen molar-refractivity contribution in [3.63, 3.8) is 0 Å². The van der Waals surface area contributed by atoms with Gasteiger partial charge in [-0.25, -0.2) is 0 Å². The number of hydrogen-bond donors (Lipinski definition) is 2. The van der Waals surface area contributed by atoms with E-state index in [4.69, 9.17) is 10.5 Å². The van der Waals surface area contributed by atoms with Gasteiger partial charge in [-0.15, -0.1) is 0 Å². The van der Waals surface area contributed by atoms with E-state index < -0.39 is 0 Å². The molecule has 1 heterocycles. The van der Waals surface area contributed by atoms with Crippen molar-refractivity contribution < 1.29 is 19.4 Å². The number of carbonyl (C=O) groups is 2. The Balaban J connectivity index is 2.05. The number of carbonyl (C=O) groups excluding carboxylic acids is 2. The number of rotatable bonds is 2. The number of piperidine rings is 1. The Kier molecular flexibility index (Phi) is 4.12. The van der Waals surface area contributed by atoms with Crippen LogP contribution in [0.2, 0.25) is 0 Å². The molecule has 0 aliphatic carbocycles. The second-order valence-electron chi connectivity index (χ2n) is 4.86. The van der Waals surface area contributed by atoms with Crippen molar-refractivity contribution in [2.75, 3.05) is 25.9 Å². The molecule has 6 heteroatoms. The van der Waals surface area contributed by atoms with Crippen LogP contribution < -0.4 is 5.73 Å². The zero-order valence-electron chi connectivity index (χ0n) is 11.3. The summed E-state index contributed by atoms with van der Waals surface area (Å²) in [7, 11) is 1.37. The van der Waals surface area contributed by atoms with Gasteiger partial charge >= 0.3 is 5.97 Å². The molecule has 0 spiro atoms. The zero-order chi connectivity index (χ0) is 14.7. The molecule has 108 valence electrons. The van der Waals surface area contributed by atoms with Gasteiger partial charge in [0, 0.05) is 18.8 Å². The summed E-state index contributed by atoms with van der Waals surface area (Å²) >= 11 is 0. The summed E-state index contributed by atoms with van der Waals surface area (Å²) in [6.07, 6.45) is 1.16. The predicted molar refractivity (Wildman–Crippen MR) is 73.2 cm³/mol. The molecule has 0 bridgehead atoms. The van der Waals surface area contributed by atoms with Crippen LogP contribution in [0.3, 0.4) is 0 Å². The van der Waals surface area contributed by atoms with E-state index in [1.165, 1.54) is 25.3 Å². The fraction of sp³-hybridized carbons (Fsp3) is 0.429. The summed E-state index contributed by atoms with van der Waals surface area (Å²) < 4.78 is 4.71. The third kappa shape index (κ3) is 2.84. The van der Waals surface area contributed by atoms with Crippen LogP contribution >= 0.6 is 0 Å². The molecule has 3 N–H and O–H groups in total. The smallest absolute Gasteiger partial charge is 0.308 e. The highest BCUT2D eigenvalue weighted by atomic mass is 16.5. The Hall–Kier alpha value is -2.24. The van der Waals surface area contributed by atoms with Crippen LogP contribution in [0.4, 0.5) is 5.69 Å². The predicted octanol–water partition coefficient (Wildman–Crippen LogP) is 1.000. The van der Waals surface area contributed by atoms with Crippen molar-refractivity contribution in [2.45, 2.75) is 12.8 Å². The van der Waals surface area contributed by atoms with Gasteiger partial charge in [0.1, 0.15) is 5.75 Å². The average Bonchev–Trinajstić information content (AvgIpc) is 2.48. The molecule has 1 fully saturated rings. The molecule has 1 aromatic rings. The number of phenolic OH excluding ortho intramolecular Hbond substituents is 1. The number of nitrogen functional groups attached to an aromatic ring is 1. The first kappa shape index (κ1) is 14.2. The molecule has 1 saturated heterocycles. The standard InChI is InChI=1S/C14H18N2O4/c1-20-14(19)9-4-6-16(7-5-9)13(18)11-8-10(17)2-3-12(11)15/h2-3,8-9,17H,4-7,15H2,1H3. The van der Waals surface area contributed by atoms with Crippen LogP contribution in [0.1, 0.15) is 23.2 Å². The number of hydrogen-bond acceptors (Lipinski definition) is 5. The molecule has 2 rings (SSSR count). The Morgan fingerprint density at radius 3 is 2.60 bits per heavy atom. The van der Waals surface area contributed by atoms with E-state index in [0.29, 0.717) is 37.2 Å². The molecule has 1 amide bonds. The summed E-state index contributed by atoms with van der Waals surface area (Å²) in [6.45, 7) is 0.960. The highest BCUT2D eigenvalue weighted by molar-refractivity contribution is 5.99. The topological polar surface area (TPSA) is 92.9 Å². The van der Waals surface area contributed by atoms with Gasteiger partial charge in [0.05, 0.1) is 18.6 Å². The third-order valence-electron chi connectivity index (χ3n) is 3.58. The van der Waals surface area contributed by atoms with Crippen LogP contribution in [0, 0.1) is 5.92 Å². The van der Waals surface area contributed by atoms with Crippen molar-refractivity contribution in [3.8, 4) is 5.75 Å². The van der Waals surface area contributed by atoms with E-state index in [-0.39, 0.29) is 23.5 Å². The molecule has 20 heavy (non-hydrogen) atoms. The van der Waals surface area contributed by atoms with Crippen molar-refractivity contribution in [1.29, 1.82) is 0 Å². The van der Waals surface area contributed by atoms with Crippen LogP contribution in [0.5, 0.6) is 5.75 Å². The fourth-order valence-corrected chi connectivity index (χ4v) is 2.38. The summed E-state index contributed by atoms with van der Waals surface area (Å²) in [5, 5.41) is 9.44. The van der Waals surface area contributed by atoms with E-state index in [0.717, 1.165) is 0 Å². The lowest BCUT2D eigenvalue weighted by atomic mass is 9.96. The maximum atomic E-state index is 12.3. The molecule has 1 aliphatic heterocycles. The van der Waals surface area contributed by atoms with E-state index in [9.17, 15) is 14.7 Å². The number of phenols is 1. The Labute approximate surface area is 117 Å².